The monoisotopic (exact) mass is 254 g/mol. The Balaban J connectivity index is 2.92. The normalized spacial score (nSPS) is 40.6. The third-order valence-electron chi connectivity index (χ3n) is 2.75. The van der Waals surface area contributed by atoms with Crippen LogP contribution in [0.2, 0.25) is 0 Å². The molecule has 0 radical (unpaired) electrons. The second-order valence-corrected chi connectivity index (χ2v) is 3.61. The molecule has 102 valence electrons. The molecule has 0 N–H and O–H groups in total. The molecular weight excluding hydrogens is 228 g/mol. The molecule has 1 unspecified atom stereocenters. The summed E-state index contributed by atoms with van der Waals surface area (Å²) in [6, 6.07) is 0. The average molecular weight is 254 g/mol. The lowest BCUT2D eigenvalue weighted by Gasteiger charge is -2.31. The van der Waals surface area contributed by atoms with Gasteiger partial charge in [0.1, 0.15) is 24.9 Å². The molecular formula is C11H22O6. The smallest absolute Gasteiger partial charge is 0.221 e. The quantitative estimate of drug-likeness (QED) is 0.640. The van der Waals surface area contributed by atoms with Crippen LogP contribution >= 0.6 is 0 Å². The van der Waals surface area contributed by atoms with Gasteiger partial charge in [-0.1, -0.05) is 0 Å². The van der Waals surface area contributed by atoms with E-state index in [1.807, 2.05) is 0 Å². The Hall–Kier alpha value is -0.240. The van der Waals surface area contributed by atoms with E-state index < -0.39 is 24.1 Å². The van der Waals surface area contributed by atoms with Crippen molar-refractivity contribution < 1.29 is 33.9 Å². The van der Waals surface area contributed by atoms with Gasteiger partial charge in [0, 0.05) is 35.5 Å². The molecule has 1 aliphatic heterocycles. The van der Waals surface area contributed by atoms with E-state index in [-0.39, 0.29) is 41.6 Å². The Morgan fingerprint density at radius 1 is 1.18 bits per heavy atom. The molecule has 0 saturated carbocycles. The third-order valence-corrected chi connectivity index (χ3v) is 2.75. The van der Waals surface area contributed by atoms with Gasteiger partial charge in [0.2, 0.25) is 5.79 Å². The fourth-order valence-electron chi connectivity index (χ4n) is 1.98. The number of ether oxygens (including phenoxy) is 6. The van der Waals surface area contributed by atoms with Gasteiger partial charge in [0.15, 0.2) is 0 Å². The zero-order valence-corrected chi connectivity index (χ0v) is 9.92. The van der Waals surface area contributed by atoms with Crippen LogP contribution in [0.5, 0.6) is 0 Å². The molecule has 0 aliphatic carbocycles. The summed E-state index contributed by atoms with van der Waals surface area (Å²) in [4.78, 5) is 0. The molecule has 0 aromatic rings. The topological polar surface area (TPSA) is 55.4 Å². The van der Waals surface area contributed by atoms with Crippen molar-refractivity contribution in [2.45, 2.75) is 24.1 Å². The van der Waals surface area contributed by atoms with Crippen molar-refractivity contribution in [1.82, 2.24) is 0 Å². The van der Waals surface area contributed by atoms with Crippen molar-refractivity contribution in [1.29, 1.82) is 0 Å². The molecule has 1 saturated heterocycles. The van der Waals surface area contributed by atoms with Crippen LogP contribution in [0.25, 0.3) is 0 Å². The van der Waals surface area contributed by atoms with Gasteiger partial charge in [-0.2, -0.15) is 0 Å². The Bertz CT molecular complexity index is 287. The zero-order chi connectivity index (χ0) is 15.7. The minimum Gasteiger partial charge on any atom is -0.382 e. The van der Waals surface area contributed by atoms with Crippen LogP contribution in [-0.2, 0) is 28.4 Å². The van der Waals surface area contributed by atoms with Gasteiger partial charge >= 0.3 is 0 Å². The van der Waals surface area contributed by atoms with Gasteiger partial charge in [-0.05, 0) is 0 Å². The van der Waals surface area contributed by atoms with Gasteiger partial charge in [-0.3, -0.25) is 0 Å². The molecule has 1 heterocycles. The summed E-state index contributed by atoms with van der Waals surface area (Å²) in [5.74, 6) is -1.34. The Morgan fingerprint density at radius 3 is 2.65 bits per heavy atom. The number of hydrogen-bond acceptors (Lipinski definition) is 6. The molecule has 17 heavy (non-hydrogen) atoms. The summed E-state index contributed by atoms with van der Waals surface area (Å²) in [6.45, 7) is -0.00901. The Labute approximate surface area is 108 Å². The lowest BCUT2D eigenvalue weighted by atomic mass is 10.1. The molecule has 1 fully saturated rings. The molecule has 0 bridgehead atoms. The fraction of sp³-hybridized carbons (Fsp3) is 1.00. The highest BCUT2D eigenvalue weighted by atomic mass is 16.8. The van der Waals surface area contributed by atoms with Crippen LogP contribution in [0.15, 0.2) is 0 Å². The number of methoxy groups -OCH3 is 5. The lowest BCUT2D eigenvalue weighted by Crippen LogP contribution is -2.49. The second-order valence-electron chi connectivity index (χ2n) is 3.61. The average Bonchev–Trinajstić information content (AvgIpc) is 2.78. The molecule has 0 spiro atoms. The third kappa shape index (κ3) is 2.78. The summed E-state index contributed by atoms with van der Waals surface area (Å²) in [7, 11) is 0.228. The number of rotatable bonds is 7. The predicted molar refractivity (Wildman–Crippen MR) is 60.0 cm³/mol. The van der Waals surface area contributed by atoms with Crippen LogP contribution in [0.3, 0.4) is 0 Å². The van der Waals surface area contributed by atoms with Gasteiger partial charge in [0.25, 0.3) is 0 Å². The van der Waals surface area contributed by atoms with E-state index in [0.717, 1.165) is 0 Å². The first-order valence-electron chi connectivity index (χ1n) is 7.80. The van der Waals surface area contributed by atoms with E-state index in [9.17, 15) is 0 Å². The summed E-state index contributed by atoms with van der Waals surface area (Å²) in [6.07, 6.45) is -2.10. The van der Waals surface area contributed by atoms with Crippen LogP contribution in [0.1, 0.15) is 5.48 Å². The lowest BCUT2D eigenvalue weighted by molar-refractivity contribution is -0.271. The summed E-state index contributed by atoms with van der Waals surface area (Å²) in [5.41, 5.74) is 0. The van der Waals surface area contributed by atoms with Crippen LogP contribution < -0.4 is 0 Å². The molecule has 6 nitrogen and oxygen atoms in total. The first kappa shape index (κ1) is 9.66. The second kappa shape index (κ2) is 6.63. The maximum atomic E-state index is 7.25. The summed E-state index contributed by atoms with van der Waals surface area (Å²) >= 11 is 0. The zero-order valence-electron chi connectivity index (χ0n) is 13.9. The van der Waals surface area contributed by atoms with Gasteiger partial charge < -0.3 is 28.4 Å². The molecule has 1 aliphatic rings. The maximum Gasteiger partial charge on any atom is 0.221 e. The highest BCUT2D eigenvalue weighted by molar-refractivity contribution is 4.98. The van der Waals surface area contributed by atoms with Crippen LogP contribution in [-0.4, -0.2) is 72.8 Å². The largest absolute Gasteiger partial charge is 0.382 e. The van der Waals surface area contributed by atoms with Crippen LogP contribution in [0, 0.1) is 0 Å². The van der Waals surface area contributed by atoms with E-state index in [1.165, 1.54) is 7.11 Å². The van der Waals surface area contributed by atoms with Gasteiger partial charge in [-0.15, -0.1) is 0 Å². The molecule has 0 amide bonds. The van der Waals surface area contributed by atoms with Crippen molar-refractivity contribution >= 4 is 0 Å². The van der Waals surface area contributed by atoms with E-state index in [4.69, 9.17) is 33.9 Å². The summed E-state index contributed by atoms with van der Waals surface area (Å²) in [5, 5.41) is 0. The van der Waals surface area contributed by atoms with Gasteiger partial charge in [-0.25, -0.2) is 0 Å². The molecule has 0 aromatic carbocycles. The first-order chi connectivity index (χ1) is 10.2. The van der Waals surface area contributed by atoms with Gasteiger partial charge in [0.05, 0.1) is 12.1 Å². The van der Waals surface area contributed by atoms with Crippen molar-refractivity contribution in [3.05, 3.63) is 0 Å². The highest BCUT2D eigenvalue weighted by Crippen LogP contribution is 2.35. The Morgan fingerprint density at radius 2 is 2.00 bits per heavy atom. The number of hydrogen-bond donors (Lipinski definition) is 0. The molecule has 1 rings (SSSR count). The molecule has 4 atom stereocenters. The van der Waals surface area contributed by atoms with Crippen molar-refractivity contribution in [2.75, 3.05) is 48.7 Å². The van der Waals surface area contributed by atoms with E-state index in [2.05, 4.69) is 0 Å². The fourth-order valence-corrected chi connectivity index (χ4v) is 1.98. The van der Waals surface area contributed by atoms with Crippen molar-refractivity contribution in [3.8, 4) is 0 Å². The molecule has 0 aromatic heterocycles. The Kier molecular flexibility index (Phi) is 3.77. The first-order valence-corrected chi connectivity index (χ1v) is 4.97. The van der Waals surface area contributed by atoms with Crippen LogP contribution in [0.4, 0.5) is 0 Å². The minimum atomic E-state index is -1.34. The van der Waals surface area contributed by atoms with E-state index in [0.29, 0.717) is 0 Å². The van der Waals surface area contributed by atoms with Crippen molar-refractivity contribution in [2.24, 2.45) is 0 Å². The van der Waals surface area contributed by atoms with Crippen molar-refractivity contribution in [3.63, 3.8) is 0 Å². The standard InChI is InChI=1S/C11H22O6/c1-12-6-8-9(14-3)10(15-4)11(16-5,17-8)7-13-2/h8-10H,6-7H2,1-5H3/t8-,9-,10+,11?/m1/s1/i1D,2D,3D,4D. The van der Waals surface area contributed by atoms with E-state index >= 15 is 0 Å². The predicted octanol–water partition coefficient (Wildman–Crippen LogP) is 0.0507. The minimum absolute atomic E-state index is 0.0675. The molecule has 6 heteroatoms. The highest BCUT2D eigenvalue weighted by Gasteiger charge is 2.56. The SMILES string of the molecule is [2H]COC[C@H]1OC(COC[2H])(OC)[C@@H](OC[2H])[C@@H]1OC[2H]. The van der Waals surface area contributed by atoms with E-state index in [1.54, 1.807) is 0 Å². The maximum absolute atomic E-state index is 7.25. The summed E-state index contributed by atoms with van der Waals surface area (Å²) < 4.78 is 60.5.